The fourth-order valence-corrected chi connectivity index (χ4v) is 4.47. The fourth-order valence-electron chi connectivity index (χ4n) is 4.47. The Bertz CT molecular complexity index is 950. The van der Waals surface area contributed by atoms with Crippen molar-refractivity contribution < 1.29 is 14.3 Å². The highest BCUT2D eigenvalue weighted by Crippen LogP contribution is 2.21. The third kappa shape index (κ3) is 6.83. The van der Waals surface area contributed by atoms with Crippen molar-refractivity contribution in [1.29, 1.82) is 0 Å². The maximum absolute atomic E-state index is 13.4. The molecule has 3 rings (SSSR count). The van der Waals surface area contributed by atoms with Crippen molar-refractivity contribution in [2.45, 2.75) is 84.8 Å². The zero-order valence-corrected chi connectivity index (χ0v) is 20.5. The van der Waals surface area contributed by atoms with Crippen LogP contribution in [0.3, 0.4) is 0 Å². The van der Waals surface area contributed by atoms with Gasteiger partial charge in [0.15, 0.2) is 6.61 Å². The molecule has 0 heterocycles. The maximum Gasteiger partial charge on any atom is 0.261 e. The summed E-state index contributed by atoms with van der Waals surface area (Å²) in [6, 6.07) is 13.5. The first-order valence-corrected chi connectivity index (χ1v) is 12.2. The topological polar surface area (TPSA) is 58.6 Å². The van der Waals surface area contributed by atoms with Crippen molar-refractivity contribution in [2.75, 3.05) is 6.61 Å². The highest BCUT2D eigenvalue weighted by molar-refractivity contribution is 5.88. The molecule has 5 heteroatoms. The van der Waals surface area contributed by atoms with Crippen LogP contribution in [0.5, 0.6) is 5.75 Å². The zero-order chi connectivity index (χ0) is 23.8. The molecule has 1 atom stereocenters. The lowest BCUT2D eigenvalue weighted by molar-refractivity contribution is -0.143. The fraction of sp³-hybridized carbons (Fsp3) is 0.500. The molecule has 1 saturated carbocycles. The molecule has 1 unspecified atom stereocenters. The molecule has 178 valence electrons. The number of ether oxygens (including phenoxy) is 1. The second-order valence-corrected chi connectivity index (χ2v) is 9.25. The number of nitrogens with one attached hydrogen (secondary N) is 1. The molecule has 0 bridgehead atoms. The number of carbonyl (C=O) groups excluding carboxylic acids is 2. The van der Waals surface area contributed by atoms with Gasteiger partial charge in [-0.05, 0) is 74.4 Å². The normalized spacial score (nSPS) is 15.0. The van der Waals surface area contributed by atoms with Gasteiger partial charge < -0.3 is 15.0 Å². The van der Waals surface area contributed by atoms with E-state index in [-0.39, 0.29) is 24.5 Å². The largest absolute Gasteiger partial charge is 0.484 e. The molecule has 33 heavy (non-hydrogen) atoms. The number of hydrogen-bond acceptors (Lipinski definition) is 3. The number of aryl methyl sites for hydroxylation is 3. The van der Waals surface area contributed by atoms with Crippen LogP contribution >= 0.6 is 0 Å². The predicted molar refractivity (Wildman–Crippen MR) is 132 cm³/mol. The van der Waals surface area contributed by atoms with Crippen LogP contribution in [0.1, 0.15) is 67.7 Å². The van der Waals surface area contributed by atoms with Gasteiger partial charge in [0.1, 0.15) is 11.8 Å². The van der Waals surface area contributed by atoms with Gasteiger partial charge in [-0.15, -0.1) is 0 Å². The van der Waals surface area contributed by atoms with E-state index in [1.54, 1.807) is 4.90 Å². The zero-order valence-electron chi connectivity index (χ0n) is 20.5. The van der Waals surface area contributed by atoms with Crippen LogP contribution < -0.4 is 10.1 Å². The van der Waals surface area contributed by atoms with Gasteiger partial charge in [0, 0.05) is 12.6 Å². The van der Waals surface area contributed by atoms with Crippen LogP contribution in [0, 0.1) is 20.8 Å². The van der Waals surface area contributed by atoms with Crippen molar-refractivity contribution in [3.63, 3.8) is 0 Å². The summed E-state index contributed by atoms with van der Waals surface area (Å²) in [5, 5.41) is 3.22. The van der Waals surface area contributed by atoms with E-state index in [0.717, 1.165) is 42.4 Å². The number of nitrogens with zero attached hydrogens (tertiary/aromatic N) is 1. The average Bonchev–Trinajstić information content (AvgIpc) is 2.81. The molecule has 0 saturated heterocycles. The van der Waals surface area contributed by atoms with Crippen molar-refractivity contribution in [3.05, 3.63) is 64.7 Å². The summed E-state index contributed by atoms with van der Waals surface area (Å²) < 4.78 is 5.85. The lowest BCUT2D eigenvalue weighted by Gasteiger charge is -2.33. The van der Waals surface area contributed by atoms with Crippen LogP contribution in [-0.2, 0) is 16.1 Å². The van der Waals surface area contributed by atoms with Crippen LogP contribution in [0.25, 0.3) is 0 Å². The molecular weight excluding hydrogens is 412 g/mol. The van der Waals surface area contributed by atoms with E-state index < -0.39 is 6.04 Å². The van der Waals surface area contributed by atoms with E-state index in [1.165, 1.54) is 12.0 Å². The van der Waals surface area contributed by atoms with Gasteiger partial charge in [-0.1, -0.05) is 56.5 Å². The molecule has 1 aliphatic carbocycles. The molecule has 2 aromatic rings. The van der Waals surface area contributed by atoms with E-state index in [1.807, 2.05) is 70.2 Å². The summed E-state index contributed by atoms with van der Waals surface area (Å²) in [5.41, 5.74) is 4.45. The third-order valence-corrected chi connectivity index (χ3v) is 6.78. The van der Waals surface area contributed by atoms with E-state index in [0.29, 0.717) is 18.7 Å². The molecule has 1 aliphatic rings. The Balaban J connectivity index is 1.77. The smallest absolute Gasteiger partial charge is 0.261 e. The second-order valence-electron chi connectivity index (χ2n) is 9.25. The van der Waals surface area contributed by atoms with Gasteiger partial charge in [-0.2, -0.15) is 0 Å². The number of benzene rings is 2. The number of amides is 2. The Hall–Kier alpha value is -2.82. The molecule has 2 aromatic carbocycles. The summed E-state index contributed by atoms with van der Waals surface area (Å²) in [5.74, 6) is 0.432. The monoisotopic (exact) mass is 450 g/mol. The number of rotatable bonds is 9. The minimum Gasteiger partial charge on any atom is -0.484 e. The minimum atomic E-state index is -0.526. The average molecular weight is 451 g/mol. The van der Waals surface area contributed by atoms with E-state index in [4.69, 9.17) is 4.74 Å². The molecule has 0 aliphatic heterocycles. The van der Waals surface area contributed by atoms with Gasteiger partial charge in [0.2, 0.25) is 5.91 Å². The van der Waals surface area contributed by atoms with Gasteiger partial charge in [-0.25, -0.2) is 0 Å². The van der Waals surface area contributed by atoms with Crippen LogP contribution in [0.15, 0.2) is 42.5 Å². The van der Waals surface area contributed by atoms with Gasteiger partial charge >= 0.3 is 0 Å². The van der Waals surface area contributed by atoms with Crippen molar-refractivity contribution >= 4 is 11.8 Å². The van der Waals surface area contributed by atoms with Crippen LogP contribution in [0.4, 0.5) is 0 Å². The van der Waals surface area contributed by atoms with E-state index in [9.17, 15) is 9.59 Å². The molecular formula is C28H38N2O3. The van der Waals surface area contributed by atoms with Crippen LogP contribution in [0.2, 0.25) is 0 Å². The summed E-state index contributed by atoms with van der Waals surface area (Å²) in [7, 11) is 0. The molecule has 1 N–H and O–H groups in total. The van der Waals surface area contributed by atoms with Crippen LogP contribution in [-0.4, -0.2) is 35.4 Å². The third-order valence-electron chi connectivity index (χ3n) is 6.78. The number of carbonyl (C=O) groups is 2. The number of hydrogen-bond donors (Lipinski definition) is 1. The molecule has 0 aromatic heterocycles. The Labute approximate surface area is 198 Å². The van der Waals surface area contributed by atoms with Crippen molar-refractivity contribution in [2.24, 2.45) is 0 Å². The first-order valence-electron chi connectivity index (χ1n) is 12.2. The quantitative estimate of drug-likeness (QED) is 0.568. The van der Waals surface area contributed by atoms with Gasteiger partial charge in [0.05, 0.1) is 0 Å². The van der Waals surface area contributed by atoms with Gasteiger partial charge in [0.25, 0.3) is 5.91 Å². The maximum atomic E-state index is 13.4. The van der Waals surface area contributed by atoms with Gasteiger partial charge in [-0.3, -0.25) is 9.59 Å². The summed E-state index contributed by atoms with van der Waals surface area (Å²) in [6.45, 7) is 8.36. The SMILES string of the molecule is CCC(C(=O)NC1CCCCC1)N(Cc1ccccc1C)C(=O)COc1ccc(C)c(C)c1. The minimum absolute atomic E-state index is 0.0579. The molecule has 1 fully saturated rings. The lowest BCUT2D eigenvalue weighted by atomic mass is 9.95. The standard InChI is InChI=1S/C28H38N2O3/c1-5-26(28(32)29-24-13-7-6-8-14-24)30(18-23-12-10-9-11-21(23)3)27(31)19-33-25-16-15-20(2)22(4)17-25/h9-12,15-17,24,26H,5-8,13-14,18-19H2,1-4H3,(H,29,32). The second kappa shape index (κ2) is 11.9. The predicted octanol–water partition coefficient (Wildman–Crippen LogP) is 5.25. The first kappa shape index (κ1) is 24.8. The molecule has 2 amide bonds. The highest BCUT2D eigenvalue weighted by atomic mass is 16.5. The Kier molecular flexibility index (Phi) is 8.93. The van der Waals surface area contributed by atoms with E-state index in [2.05, 4.69) is 5.32 Å². The highest BCUT2D eigenvalue weighted by Gasteiger charge is 2.30. The summed E-state index contributed by atoms with van der Waals surface area (Å²) in [6.07, 6.45) is 6.12. The van der Waals surface area contributed by atoms with E-state index >= 15 is 0 Å². The molecule has 0 spiro atoms. The Morgan fingerprint density at radius 3 is 2.39 bits per heavy atom. The first-order chi connectivity index (χ1) is 15.9. The molecule has 5 nitrogen and oxygen atoms in total. The molecule has 0 radical (unpaired) electrons. The Morgan fingerprint density at radius 1 is 1.00 bits per heavy atom. The summed E-state index contributed by atoms with van der Waals surface area (Å²) >= 11 is 0. The van der Waals surface area contributed by atoms with Crippen molar-refractivity contribution in [3.8, 4) is 5.75 Å². The summed E-state index contributed by atoms with van der Waals surface area (Å²) in [4.78, 5) is 28.4. The Morgan fingerprint density at radius 2 is 1.73 bits per heavy atom. The lowest BCUT2D eigenvalue weighted by Crippen LogP contribution is -2.52. The van der Waals surface area contributed by atoms with Crippen molar-refractivity contribution in [1.82, 2.24) is 10.2 Å².